The Morgan fingerprint density at radius 2 is 1.69 bits per heavy atom. The number of ether oxygens (including phenoxy) is 2. The summed E-state index contributed by atoms with van der Waals surface area (Å²) in [4.78, 5) is 14.0. The molecule has 0 fully saturated rings. The van der Waals surface area contributed by atoms with E-state index in [4.69, 9.17) is 9.47 Å². The van der Waals surface area contributed by atoms with Crippen LogP contribution in [0.15, 0.2) is 77.7 Å². The number of benzene rings is 3. The van der Waals surface area contributed by atoms with E-state index in [9.17, 15) is 9.36 Å². The van der Waals surface area contributed by atoms with E-state index in [2.05, 4.69) is 30.3 Å². The maximum Gasteiger partial charge on any atom is 0.312 e. The van der Waals surface area contributed by atoms with Gasteiger partial charge in [-0.25, -0.2) is 0 Å². The lowest BCUT2D eigenvalue weighted by molar-refractivity contribution is -0.155. The molecule has 0 saturated heterocycles. The van der Waals surface area contributed by atoms with Gasteiger partial charge in [-0.1, -0.05) is 60.7 Å². The molecule has 0 saturated carbocycles. The van der Waals surface area contributed by atoms with Crippen LogP contribution in [0.3, 0.4) is 0 Å². The Bertz CT molecular complexity index is 1030. The van der Waals surface area contributed by atoms with Crippen LogP contribution in [0.4, 0.5) is 0 Å². The van der Waals surface area contributed by atoms with Crippen molar-refractivity contribution in [1.82, 2.24) is 0 Å². The molecule has 32 heavy (non-hydrogen) atoms. The molecule has 0 radical (unpaired) electrons. The summed E-state index contributed by atoms with van der Waals surface area (Å²) in [7, 11) is -0.211. The van der Waals surface area contributed by atoms with Gasteiger partial charge in [0.25, 0.3) is 0 Å². The number of rotatable bonds is 12. The third-order valence-corrected chi connectivity index (χ3v) is 7.68. The Morgan fingerprint density at radius 3 is 2.38 bits per heavy atom. The van der Waals surface area contributed by atoms with E-state index in [-0.39, 0.29) is 21.0 Å². The van der Waals surface area contributed by atoms with E-state index in [1.807, 2.05) is 49.4 Å². The van der Waals surface area contributed by atoms with Gasteiger partial charge in [0, 0.05) is 17.3 Å². The van der Waals surface area contributed by atoms with Crippen molar-refractivity contribution in [2.75, 3.05) is 19.0 Å². The second kappa shape index (κ2) is 12.2. The zero-order chi connectivity index (χ0) is 22.8. The minimum absolute atomic E-state index is 0.211. The van der Waals surface area contributed by atoms with Gasteiger partial charge in [-0.15, -0.1) is 11.8 Å². The largest absolute Gasteiger partial charge is 0.466 e. The molecule has 0 aliphatic heterocycles. The Labute approximate surface area is 195 Å². The number of carbonyl (C=O) groups excluding carboxylic acids is 1. The summed E-state index contributed by atoms with van der Waals surface area (Å²) in [6.07, 6.45) is 1.17. The van der Waals surface area contributed by atoms with Gasteiger partial charge in [-0.05, 0) is 55.2 Å². The van der Waals surface area contributed by atoms with Gasteiger partial charge in [-0.3, -0.25) is 9.36 Å². The van der Waals surface area contributed by atoms with Crippen molar-refractivity contribution >= 4 is 37.0 Å². The predicted octanol–water partition coefficient (Wildman–Crippen LogP) is 6.77. The summed E-state index contributed by atoms with van der Waals surface area (Å²) >= 11 is 1.55. The van der Waals surface area contributed by atoms with Crippen molar-refractivity contribution in [2.24, 2.45) is 5.92 Å². The van der Waals surface area contributed by atoms with Crippen LogP contribution >= 0.6 is 20.2 Å². The van der Waals surface area contributed by atoms with E-state index < -0.39 is 11.3 Å². The molecule has 4 nitrogen and oxygen atoms in total. The highest BCUT2D eigenvalue weighted by Gasteiger charge is 2.46. The first-order valence-electron chi connectivity index (χ1n) is 10.9. The zero-order valence-electron chi connectivity index (χ0n) is 18.5. The van der Waals surface area contributed by atoms with Crippen LogP contribution in [0.5, 0.6) is 0 Å². The average Bonchev–Trinajstić information content (AvgIpc) is 2.83. The zero-order valence-corrected chi connectivity index (χ0v) is 20.2. The van der Waals surface area contributed by atoms with Gasteiger partial charge < -0.3 is 9.47 Å². The third-order valence-electron chi connectivity index (χ3n) is 5.40. The van der Waals surface area contributed by atoms with Crippen LogP contribution in [0, 0.1) is 5.92 Å². The van der Waals surface area contributed by atoms with Crippen LogP contribution in [0.1, 0.15) is 25.8 Å². The highest BCUT2D eigenvalue weighted by molar-refractivity contribution is 7.99. The van der Waals surface area contributed by atoms with Crippen molar-refractivity contribution in [3.63, 3.8) is 0 Å². The average molecular weight is 469 g/mol. The molecule has 2 unspecified atom stereocenters. The van der Waals surface area contributed by atoms with E-state index >= 15 is 0 Å². The first-order valence-corrected chi connectivity index (χ1v) is 12.7. The van der Waals surface area contributed by atoms with Crippen molar-refractivity contribution in [3.8, 4) is 0 Å². The molecule has 0 aliphatic rings. The third kappa shape index (κ3) is 6.19. The van der Waals surface area contributed by atoms with Gasteiger partial charge in [0.1, 0.15) is 0 Å². The molecule has 3 rings (SSSR count). The topological polar surface area (TPSA) is 52.6 Å². The number of aryl methyl sites for hydroxylation is 1. The standard InChI is InChI=1S/C26H29O4PS/c1-3-29-25(27)24(17-14-20-10-6-5-7-11-20)26(31-28,30-4-2)19-32-23-16-15-21-12-8-9-13-22(21)18-23/h5-13,15-16,18,24H,3-4,14,17,19H2,1-2H3. The lowest BCUT2D eigenvalue weighted by Crippen LogP contribution is -2.43. The summed E-state index contributed by atoms with van der Waals surface area (Å²) in [5.41, 5.74) is 1.12. The predicted molar refractivity (Wildman–Crippen MR) is 132 cm³/mol. The van der Waals surface area contributed by atoms with Gasteiger partial charge in [0.15, 0.2) is 13.8 Å². The molecular weight excluding hydrogens is 439 g/mol. The van der Waals surface area contributed by atoms with E-state index in [1.54, 1.807) is 18.7 Å². The molecule has 0 heterocycles. The SMILES string of the molecule is CCOC(=O)C(CCc1ccccc1)C(CSc1ccc2ccccc2c1)(OCC)P=O. The molecule has 0 spiro atoms. The van der Waals surface area contributed by atoms with Gasteiger partial charge in [0.05, 0.1) is 12.5 Å². The number of hydrogen-bond donors (Lipinski definition) is 0. The lowest BCUT2D eigenvalue weighted by atomic mass is 9.94. The summed E-state index contributed by atoms with van der Waals surface area (Å²) in [6.45, 7) is 4.28. The first-order chi connectivity index (χ1) is 15.6. The minimum atomic E-state index is -1.16. The molecule has 0 aliphatic carbocycles. The number of thioether (sulfide) groups is 1. The molecule has 6 heteroatoms. The van der Waals surface area contributed by atoms with E-state index in [0.717, 1.165) is 15.8 Å². The molecule has 0 amide bonds. The van der Waals surface area contributed by atoms with Gasteiger partial charge >= 0.3 is 5.97 Å². The van der Waals surface area contributed by atoms with Crippen molar-refractivity contribution < 1.29 is 18.8 Å². The van der Waals surface area contributed by atoms with Crippen molar-refractivity contribution in [2.45, 2.75) is 36.9 Å². The Morgan fingerprint density at radius 1 is 0.969 bits per heavy atom. The van der Waals surface area contributed by atoms with Crippen LogP contribution in [0.2, 0.25) is 0 Å². The first kappa shape index (κ1) is 24.4. The highest BCUT2D eigenvalue weighted by atomic mass is 32.2. The molecule has 0 N–H and O–H groups in total. The molecule has 168 valence electrons. The number of fused-ring (bicyclic) bond motifs is 1. The molecule has 3 aromatic rings. The Hall–Kier alpha value is -2.20. The fraction of sp³-hybridized carbons (Fsp3) is 0.346. The molecule has 0 bridgehead atoms. The molecule has 2 atom stereocenters. The normalized spacial score (nSPS) is 14.2. The number of hydrogen-bond acceptors (Lipinski definition) is 5. The monoisotopic (exact) mass is 468 g/mol. The summed E-state index contributed by atoms with van der Waals surface area (Å²) in [5, 5.41) is 1.15. The Balaban J connectivity index is 1.85. The summed E-state index contributed by atoms with van der Waals surface area (Å²) in [5.74, 6) is -0.628. The Kier molecular flexibility index (Phi) is 9.28. The van der Waals surface area contributed by atoms with Crippen LogP contribution in [-0.4, -0.2) is 30.3 Å². The second-order valence-electron chi connectivity index (χ2n) is 7.50. The van der Waals surface area contributed by atoms with Crippen molar-refractivity contribution in [3.05, 3.63) is 78.4 Å². The summed E-state index contributed by atoms with van der Waals surface area (Å²) in [6, 6.07) is 24.4. The number of esters is 1. The maximum atomic E-state index is 13.0. The van der Waals surface area contributed by atoms with Crippen molar-refractivity contribution in [1.29, 1.82) is 0 Å². The quantitative estimate of drug-likeness (QED) is 0.167. The highest BCUT2D eigenvalue weighted by Crippen LogP contribution is 2.42. The molecular formula is C26H29O4PS. The lowest BCUT2D eigenvalue weighted by Gasteiger charge is -2.33. The second-order valence-corrected chi connectivity index (χ2v) is 9.48. The van der Waals surface area contributed by atoms with Crippen LogP contribution in [-0.2, 0) is 25.3 Å². The fourth-order valence-corrected chi connectivity index (χ4v) is 5.76. The minimum Gasteiger partial charge on any atom is -0.466 e. The summed E-state index contributed by atoms with van der Waals surface area (Å²) < 4.78 is 24.0. The molecule has 3 aromatic carbocycles. The van der Waals surface area contributed by atoms with Gasteiger partial charge in [-0.2, -0.15) is 0 Å². The van der Waals surface area contributed by atoms with Crippen LogP contribution < -0.4 is 0 Å². The fourth-order valence-electron chi connectivity index (χ4n) is 3.78. The molecule has 0 aromatic heterocycles. The van der Waals surface area contributed by atoms with E-state index in [0.29, 0.717) is 25.2 Å². The maximum absolute atomic E-state index is 13.0. The smallest absolute Gasteiger partial charge is 0.312 e. The van der Waals surface area contributed by atoms with E-state index in [1.165, 1.54) is 5.39 Å². The number of carbonyl (C=O) groups is 1. The van der Waals surface area contributed by atoms with Gasteiger partial charge in [0.2, 0.25) is 0 Å². The van der Waals surface area contributed by atoms with Crippen LogP contribution in [0.25, 0.3) is 10.8 Å².